The zero-order valence-corrected chi connectivity index (χ0v) is 35.3. The quantitative estimate of drug-likeness (QED) is 0.172. The molecule has 47 heavy (non-hydrogen) atoms. The summed E-state index contributed by atoms with van der Waals surface area (Å²) in [7, 11) is 17.4. The van der Waals surface area contributed by atoms with Gasteiger partial charge in [0, 0.05) is 0 Å². The summed E-state index contributed by atoms with van der Waals surface area (Å²) in [6.07, 6.45) is 4.93. The maximum atomic E-state index is 8.68. The van der Waals surface area contributed by atoms with Crippen molar-refractivity contribution in [3.05, 3.63) is 128 Å². The van der Waals surface area contributed by atoms with Crippen molar-refractivity contribution in [2.24, 2.45) is 5.92 Å². The van der Waals surface area contributed by atoms with Gasteiger partial charge in [-0.05, 0) is 0 Å². The van der Waals surface area contributed by atoms with Gasteiger partial charge in [-0.25, -0.2) is 0 Å². The van der Waals surface area contributed by atoms with Crippen molar-refractivity contribution in [3.8, 4) is 22.3 Å². The van der Waals surface area contributed by atoms with Crippen molar-refractivity contribution >= 4 is 35.1 Å². The van der Waals surface area contributed by atoms with Crippen LogP contribution in [0, 0.1) is 26.7 Å². The molecule has 6 rings (SSSR count). The second-order valence-electron chi connectivity index (χ2n) is 16.1. The Balaban J connectivity index is 1.58. The Morgan fingerprint density at radius 3 is 1.94 bits per heavy atom. The van der Waals surface area contributed by atoms with Crippen molar-refractivity contribution in [1.29, 1.82) is 0 Å². The van der Waals surface area contributed by atoms with E-state index in [1.807, 2.05) is 0 Å². The van der Waals surface area contributed by atoms with E-state index in [1.54, 1.807) is 0 Å². The number of rotatable bonds is 6. The molecule has 4 aromatic carbocycles. The van der Waals surface area contributed by atoms with Crippen LogP contribution in [0.3, 0.4) is 0 Å². The number of hydrogen-bond donors (Lipinski definition) is 0. The molecule has 0 fully saturated rings. The molecule has 0 amide bonds. The Labute approximate surface area is 293 Å². The Hall–Kier alpha value is -1.96. The molecule has 245 valence electrons. The van der Waals surface area contributed by atoms with Crippen LogP contribution >= 0.6 is 17.0 Å². The standard InChI is InChI=1S/C22H25.C19H19.C2H7Si.2ClH.Zr/c1-15(2)18-13-17-7-6-8-20(21(17)14-18)16-9-11-19(12-10-16)22(3,4)5;1-12-10-18-14(3)8-9-17(19(18)11-12)16-7-5-6-13(2)15(16)4;1-3-2;;;/h6-15H,1-5H3;5-11H,1-4H3;3H,1-2H3;2*1H;/q;;;;;+2/p-2. The fourth-order valence-electron chi connectivity index (χ4n) is 8.59. The van der Waals surface area contributed by atoms with Gasteiger partial charge < -0.3 is 0 Å². The summed E-state index contributed by atoms with van der Waals surface area (Å²) in [5, 5.41) is 0. The minimum atomic E-state index is -4.85. The van der Waals surface area contributed by atoms with Crippen LogP contribution in [0.1, 0.15) is 93.3 Å². The molecule has 4 heteroatoms. The molecule has 0 nitrogen and oxygen atoms in total. The molecular formula is C43H51Cl2SiZr. The molecule has 2 unspecified atom stereocenters. The topological polar surface area (TPSA) is 0 Å². The van der Waals surface area contributed by atoms with E-state index in [1.165, 1.54) is 77.9 Å². The summed E-state index contributed by atoms with van der Waals surface area (Å²) in [5.41, 5.74) is 18.8. The van der Waals surface area contributed by atoms with Crippen LogP contribution in [0.25, 0.3) is 34.4 Å². The molecular weight excluding hydrogens is 707 g/mol. The Bertz CT molecular complexity index is 1950. The van der Waals surface area contributed by atoms with Gasteiger partial charge in [0.25, 0.3) is 0 Å². The molecule has 2 aliphatic carbocycles. The van der Waals surface area contributed by atoms with Gasteiger partial charge in [0.1, 0.15) is 0 Å². The van der Waals surface area contributed by atoms with E-state index in [0.29, 0.717) is 5.92 Å². The average Bonchev–Trinajstić information content (AvgIpc) is 3.59. The molecule has 0 saturated heterocycles. The molecule has 4 aromatic rings. The monoisotopic (exact) mass is 755 g/mol. The van der Waals surface area contributed by atoms with Crippen LogP contribution in [0.5, 0.6) is 0 Å². The molecule has 0 saturated carbocycles. The van der Waals surface area contributed by atoms with Gasteiger partial charge in [-0.1, -0.05) is 0 Å². The van der Waals surface area contributed by atoms with Gasteiger partial charge in [0.05, 0.1) is 0 Å². The predicted octanol–water partition coefficient (Wildman–Crippen LogP) is 13.5. The first-order chi connectivity index (χ1) is 22.0. The van der Waals surface area contributed by atoms with E-state index in [9.17, 15) is 0 Å². The Kier molecular flexibility index (Phi) is 9.00. The third kappa shape index (κ3) is 5.49. The summed E-state index contributed by atoms with van der Waals surface area (Å²) >= 11 is -4.85. The third-order valence-electron chi connectivity index (χ3n) is 11.5. The molecule has 2 aliphatic rings. The molecule has 2 atom stereocenters. The first-order valence-electron chi connectivity index (χ1n) is 17.4. The molecule has 0 heterocycles. The average molecular weight is 758 g/mol. The van der Waals surface area contributed by atoms with Crippen LogP contribution in [-0.4, -0.2) is 5.92 Å². The van der Waals surface area contributed by atoms with Crippen molar-refractivity contribution in [2.75, 3.05) is 0 Å². The number of hydrogen-bond acceptors (Lipinski definition) is 0. The zero-order chi connectivity index (χ0) is 34.2. The molecule has 0 N–H and O–H groups in total. The second kappa shape index (κ2) is 12.1. The molecule has 0 spiro atoms. The van der Waals surface area contributed by atoms with Gasteiger partial charge >= 0.3 is 295 Å². The fourth-order valence-corrected chi connectivity index (χ4v) is 40.8. The third-order valence-corrected chi connectivity index (χ3v) is 63.5. The molecule has 0 aliphatic heterocycles. The van der Waals surface area contributed by atoms with Gasteiger partial charge in [-0.2, -0.15) is 0 Å². The van der Waals surface area contributed by atoms with Crippen molar-refractivity contribution < 1.29 is 15.6 Å². The van der Waals surface area contributed by atoms with Crippen LogP contribution in [0.4, 0.5) is 0 Å². The number of allylic oxidation sites excluding steroid dienone is 2. The van der Waals surface area contributed by atoms with Crippen LogP contribution in [0.2, 0.25) is 13.1 Å². The van der Waals surface area contributed by atoms with E-state index in [-0.39, 0.29) is 12.7 Å². The summed E-state index contributed by atoms with van der Waals surface area (Å²) in [4.78, 5) is 0. The zero-order valence-electron chi connectivity index (χ0n) is 30.1. The van der Waals surface area contributed by atoms with Crippen molar-refractivity contribution in [2.45, 2.75) is 88.1 Å². The van der Waals surface area contributed by atoms with E-state index >= 15 is 0 Å². The van der Waals surface area contributed by atoms with E-state index in [4.69, 9.17) is 17.0 Å². The van der Waals surface area contributed by atoms with Crippen molar-refractivity contribution in [1.82, 2.24) is 0 Å². The first kappa shape index (κ1) is 34.9. The van der Waals surface area contributed by atoms with Crippen LogP contribution in [-0.2, 0) is 21.0 Å². The minimum absolute atomic E-state index is 0.0818. The van der Waals surface area contributed by atoms with Gasteiger partial charge in [-0.3, -0.25) is 0 Å². The maximum absolute atomic E-state index is 8.68. The van der Waals surface area contributed by atoms with E-state index in [0.717, 1.165) is 0 Å². The van der Waals surface area contributed by atoms with Gasteiger partial charge in [0.2, 0.25) is 0 Å². The fraction of sp³-hybridized carbons (Fsp3) is 0.349. The number of halogens is 2. The Morgan fingerprint density at radius 1 is 0.681 bits per heavy atom. The summed E-state index contributed by atoms with van der Waals surface area (Å²) in [5.74, 6) is -1.30. The molecule has 0 aromatic heterocycles. The van der Waals surface area contributed by atoms with Gasteiger partial charge in [0.15, 0.2) is 0 Å². The SMILES string of the molecule is CC1=Cc2c(-c3cccc(C)c3C)ccc(C)c2[CH]1[Zr]([Cl])([Cl])([CH]1C(C(C)C)=Cc2c(-c3ccc(C(C)(C)C)cc3)cccc21)[SiH](C)C. The first-order valence-corrected chi connectivity index (χ1v) is 33.7. The summed E-state index contributed by atoms with van der Waals surface area (Å²) < 4.78 is 0.164. The van der Waals surface area contributed by atoms with E-state index < -0.39 is 21.5 Å². The second-order valence-corrected chi connectivity index (χ2v) is 58.6. The van der Waals surface area contributed by atoms with Crippen LogP contribution < -0.4 is 0 Å². The number of fused-ring (bicyclic) bond motifs is 2. The van der Waals surface area contributed by atoms with Gasteiger partial charge in [-0.15, -0.1) is 0 Å². The normalized spacial score (nSPS) is 18.6. The molecule has 0 bridgehead atoms. The van der Waals surface area contributed by atoms with Crippen molar-refractivity contribution in [3.63, 3.8) is 0 Å². The molecule has 0 radical (unpaired) electrons. The summed E-state index contributed by atoms with van der Waals surface area (Å²) in [6, 6.07) is 27.4. The summed E-state index contributed by atoms with van der Waals surface area (Å²) in [6.45, 7) is 25.4. The Morgan fingerprint density at radius 2 is 1.32 bits per heavy atom. The predicted molar refractivity (Wildman–Crippen MR) is 209 cm³/mol. The van der Waals surface area contributed by atoms with Crippen LogP contribution in [0.15, 0.2) is 83.9 Å². The van der Waals surface area contributed by atoms with E-state index in [2.05, 4.69) is 160 Å². The number of benzene rings is 4. The number of aryl methyl sites for hydroxylation is 2.